The Morgan fingerprint density at radius 2 is 2.14 bits per heavy atom. The molecule has 6 N–H and O–H groups in total. The third kappa shape index (κ3) is 4.57. The summed E-state index contributed by atoms with van der Waals surface area (Å²) in [4.78, 5) is 23.4. The van der Waals surface area contributed by atoms with Gasteiger partial charge in [-0.25, -0.2) is 15.0 Å². The normalized spacial score (nSPS) is 25.5. The smallest absolute Gasteiger partial charge is 0.320 e. The molecular formula is C15H22N6O5SSe. The number of thioether (sulfide) groups is 1. The molecule has 5 atom stereocenters. The molecule has 154 valence electrons. The van der Waals surface area contributed by atoms with E-state index in [-0.39, 0.29) is 29.4 Å². The molecule has 0 bridgehead atoms. The van der Waals surface area contributed by atoms with Gasteiger partial charge in [-0.15, -0.1) is 0 Å². The van der Waals surface area contributed by atoms with Gasteiger partial charge in [0.15, 0.2) is 17.7 Å². The van der Waals surface area contributed by atoms with E-state index in [1.54, 1.807) is 11.8 Å². The molecule has 1 saturated heterocycles. The monoisotopic (exact) mass is 478 g/mol. The van der Waals surface area contributed by atoms with E-state index >= 15 is 0 Å². The first kappa shape index (κ1) is 22.8. The van der Waals surface area contributed by atoms with Crippen molar-refractivity contribution in [3.63, 3.8) is 0 Å². The van der Waals surface area contributed by atoms with Crippen LogP contribution in [-0.2, 0) is 9.53 Å². The number of nitrogens with zero attached hydrogens (tertiary/aromatic N) is 4. The third-order valence-electron chi connectivity index (χ3n) is 4.47. The minimum atomic E-state index is -1.24. The van der Waals surface area contributed by atoms with E-state index in [2.05, 4.69) is 20.3 Å². The van der Waals surface area contributed by atoms with Gasteiger partial charge < -0.3 is 31.1 Å². The Hall–Kier alpha value is -1.47. The van der Waals surface area contributed by atoms with Crippen molar-refractivity contribution >= 4 is 51.8 Å². The molecule has 0 aliphatic carbocycles. The molecule has 2 aromatic rings. The second kappa shape index (κ2) is 9.83. The number of hydrogen-bond donors (Lipinski definition) is 5. The molecule has 28 heavy (non-hydrogen) atoms. The molecule has 11 nitrogen and oxygen atoms in total. The summed E-state index contributed by atoms with van der Waals surface area (Å²) in [5, 5.41) is 32.9. The van der Waals surface area contributed by atoms with Gasteiger partial charge in [0.25, 0.3) is 0 Å². The zero-order valence-electron chi connectivity index (χ0n) is 15.0. The Morgan fingerprint density at radius 1 is 1.39 bits per heavy atom. The summed E-state index contributed by atoms with van der Waals surface area (Å²) in [6.07, 6.45) is 0.858. The van der Waals surface area contributed by atoms with E-state index in [1.165, 1.54) is 17.2 Å². The molecule has 0 unspecified atom stereocenters. The van der Waals surface area contributed by atoms with Crippen LogP contribution in [0, 0.1) is 0 Å². The Morgan fingerprint density at radius 3 is 2.82 bits per heavy atom. The van der Waals surface area contributed by atoms with Crippen molar-refractivity contribution in [1.29, 1.82) is 0 Å². The maximum atomic E-state index is 11.3. The number of aromatic nitrogens is 4. The first-order valence-corrected chi connectivity index (χ1v) is 9.73. The maximum absolute atomic E-state index is 11.3. The molecule has 1 aliphatic rings. The predicted octanol–water partition coefficient (Wildman–Crippen LogP) is -1.56. The molecule has 3 heterocycles. The van der Waals surface area contributed by atoms with E-state index in [4.69, 9.17) is 10.5 Å². The van der Waals surface area contributed by atoms with Crippen LogP contribution in [0.25, 0.3) is 11.2 Å². The van der Waals surface area contributed by atoms with Gasteiger partial charge in [-0.3, -0.25) is 9.36 Å². The number of aliphatic carboxylic acids is 1. The number of fused-ring (bicyclic) bond motifs is 1. The summed E-state index contributed by atoms with van der Waals surface area (Å²) in [5.41, 5.74) is 6.50. The van der Waals surface area contributed by atoms with Crippen molar-refractivity contribution < 1.29 is 24.9 Å². The van der Waals surface area contributed by atoms with E-state index in [1.807, 2.05) is 6.26 Å². The van der Waals surface area contributed by atoms with Gasteiger partial charge >= 0.3 is 5.97 Å². The van der Waals surface area contributed by atoms with Crippen molar-refractivity contribution in [1.82, 2.24) is 24.8 Å². The van der Waals surface area contributed by atoms with Gasteiger partial charge in [-0.2, -0.15) is 11.8 Å². The van der Waals surface area contributed by atoms with Crippen molar-refractivity contribution in [2.45, 2.75) is 37.0 Å². The van der Waals surface area contributed by atoms with Gasteiger partial charge in [-0.1, -0.05) is 0 Å². The molecule has 0 saturated carbocycles. The van der Waals surface area contributed by atoms with Crippen molar-refractivity contribution in [2.75, 3.05) is 24.3 Å². The van der Waals surface area contributed by atoms with Crippen LogP contribution in [0.1, 0.15) is 12.6 Å². The maximum Gasteiger partial charge on any atom is 0.320 e. The number of ether oxygens (including phenoxy) is 1. The first-order valence-electron chi connectivity index (χ1n) is 8.33. The fraction of sp³-hybridized carbons (Fsp3) is 0.600. The Bertz CT molecular complexity index is 810. The van der Waals surface area contributed by atoms with E-state index in [0.29, 0.717) is 23.3 Å². The van der Waals surface area contributed by atoms with Crippen LogP contribution < -0.4 is 11.1 Å². The zero-order valence-corrected chi connectivity index (χ0v) is 17.5. The van der Waals surface area contributed by atoms with Crippen LogP contribution in [0.5, 0.6) is 0 Å². The van der Waals surface area contributed by atoms with Gasteiger partial charge in [0.05, 0.1) is 6.33 Å². The summed E-state index contributed by atoms with van der Waals surface area (Å²) in [6.45, 7) is 0.0732. The van der Waals surface area contributed by atoms with Crippen LogP contribution in [0.2, 0.25) is 0 Å². The van der Waals surface area contributed by atoms with E-state index < -0.39 is 36.6 Å². The molecule has 13 heteroatoms. The quantitative estimate of drug-likeness (QED) is 0.279. The zero-order chi connectivity index (χ0) is 19.6. The molecule has 2 aromatic heterocycles. The van der Waals surface area contributed by atoms with Gasteiger partial charge in [-0.05, 0) is 18.4 Å². The summed E-state index contributed by atoms with van der Waals surface area (Å²) >= 11 is 1.55. The number of nitrogen functional groups attached to an aromatic ring is 1. The molecule has 3 rings (SSSR count). The fourth-order valence-electron chi connectivity index (χ4n) is 2.99. The number of carboxylic acid groups (broad SMARTS) is 1. The minimum absolute atomic E-state index is 0. The fourth-order valence-corrected chi connectivity index (χ4v) is 3.46. The number of aliphatic hydroxyl groups excluding tert-OH is 2. The summed E-state index contributed by atoms with van der Waals surface area (Å²) in [7, 11) is 0. The molecule has 1 fully saturated rings. The number of imidazole rings is 1. The van der Waals surface area contributed by atoms with Crippen molar-refractivity contribution in [2.24, 2.45) is 0 Å². The topological polar surface area (TPSA) is 169 Å². The number of nitrogens with two attached hydrogens (primary N) is 1. The molecule has 1 aliphatic heterocycles. The molecular weight excluding hydrogens is 455 g/mol. The Balaban J connectivity index is 0.00000280. The van der Waals surface area contributed by atoms with Crippen molar-refractivity contribution in [3.8, 4) is 0 Å². The van der Waals surface area contributed by atoms with Gasteiger partial charge in [0.1, 0.15) is 36.2 Å². The molecule has 0 spiro atoms. The van der Waals surface area contributed by atoms with Crippen LogP contribution in [-0.4, -0.2) is 101 Å². The minimum Gasteiger partial charge on any atom is -0.480 e. The van der Waals surface area contributed by atoms with Gasteiger partial charge in [0, 0.05) is 23.6 Å². The molecule has 0 amide bonds. The number of rotatable bonds is 8. The standard InChI is InChI=1S/C15H22N6O5S.Se/c1-27-3-2-7(15(24)25)17-4-8-10(22)11(23)14(26-8)21-6-20-9-12(16)18-5-19-13(9)21;/h5-8,10-11,14,17,22-23H,2-4H2,1H3,(H,24,25)(H2,16,18,19);/t7-,8+,10+,11+,14+;/m0./s1. The summed E-state index contributed by atoms with van der Waals surface area (Å²) in [6, 6.07) is -0.758. The van der Waals surface area contributed by atoms with Gasteiger partial charge in [0.2, 0.25) is 0 Å². The Kier molecular flexibility index (Phi) is 8.01. The van der Waals surface area contributed by atoms with E-state index in [0.717, 1.165) is 0 Å². The average molecular weight is 477 g/mol. The number of hydrogen-bond acceptors (Lipinski definition) is 10. The predicted molar refractivity (Wildman–Crippen MR) is 104 cm³/mol. The number of aliphatic hydroxyl groups is 2. The summed E-state index contributed by atoms with van der Waals surface area (Å²) < 4.78 is 7.25. The van der Waals surface area contributed by atoms with E-state index in [9.17, 15) is 20.1 Å². The number of carbonyl (C=O) groups is 1. The Labute approximate surface area is 175 Å². The van der Waals surface area contributed by atoms with Crippen molar-refractivity contribution in [3.05, 3.63) is 12.7 Å². The van der Waals surface area contributed by atoms with Crippen LogP contribution in [0.3, 0.4) is 0 Å². The third-order valence-corrected chi connectivity index (χ3v) is 5.12. The SMILES string of the molecule is CSCC[C@H](NC[C@H]1O[C@@H](n2cnc3c(N)ncnc32)[C@H](O)[C@@H]1O)C(=O)O.[Se]. The summed E-state index contributed by atoms with van der Waals surface area (Å²) in [5.74, 6) is -0.0876. The average Bonchev–Trinajstić information content (AvgIpc) is 3.18. The first-order chi connectivity index (χ1) is 12.9. The number of carboxylic acids is 1. The van der Waals surface area contributed by atoms with Crippen LogP contribution in [0.15, 0.2) is 12.7 Å². The molecule has 0 aromatic carbocycles. The van der Waals surface area contributed by atoms with Crippen LogP contribution in [0.4, 0.5) is 5.82 Å². The second-order valence-corrected chi connectivity index (χ2v) is 7.20. The second-order valence-electron chi connectivity index (χ2n) is 6.21. The number of nitrogens with one attached hydrogen (secondary N) is 1. The largest absolute Gasteiger partial charge is 0.480 e. The van der Waals surface area contributed by atoms with Crippen LogP contribution >= 0.6 is 11.8 Å². The molecule has 2 radical (unpaired) electrons. The number of anilines is 1.